The molecular formula is C24H23N5O2S2. The summed E-state index contributed by atoms with van der Waals surface area (Å²) in [5.41, 5.74) is 2.10. The predicted molar refractivity (Wildman–Crippen MR) is 136 cm³/mol. The van der Waals surface area contributed by atoms with Crippen LogP contribution in [0.1, 0.15) is 11.1 Å². The summed E-state index contributed by atoms with van der Waals surface area (Å²) in [7, 11) is 1.65. The lowest BCUT2D eigenvalue weighted by Crippen LogP contribution is -2.47. The summed E-state index contributed by atoms with van der Waals surface area (Å²) in [6, 6.07) is 15.9. The lowest BCUT2D eigenvalue weighted by atomic mass is 10.2. The highest BCUT2D eigenvalue weighted by Gasteiger charge is 2.30. The van der Waals surface area contributed by atoms with Crippen LogP contribution in [0.2, 0.25) is 0 Å². The van der Waals surface area contributed by atoms with Crippen molar-refractivity contribution in [3.8, 4) is 0 Å². The quantitative estimate of drug-likeness (QED) is 0.423. The molecule has 9 heteroatoms. The molecule has 0 aliphatic carbocycles. The van der Waals surface area contributed by atoms with E-state index >= 15 is 0 Å². The normalized spacial score (nSPS) is 18.6. The number of fused-ring (bicyclic) bond motifs is 1. The first-order valence-corrected chi connectivity index (χ1v) is 12.0. The third-order valence-electron chi connectivity index (χ3n) is 5.93. The summed E-state index contributed by atoms with van der Waals surface area (Å²) in [4.78, 5) is 37.3. The largest absolute Gasteiger partial charge is 0.353 e. The number of amides is 1. The lowest BCUT2D eigenvalue weighted by molar-refractivity contribution is -0.121. The molecule has 0 radical (unpaired) electrons. The number of pyridine rings is 1. The zero-order valence-corrected chi connectivity index (χ0v) is 19.8. The Labute approximate surface area is 201 Å². The van der Waals surface area contributed by atoms with Crippen molar-refractivity contribution in [1.29, 1.82) is 0 Å². The van der Waals surface area contributed by atoms with E-state index in [2.05, 4.69) is 34.1 Å². The first-order chi connectivity index (χ1) is 16.0. The van der Waals surface area contributed by atoms with Crippen LogP contribution >= 0.6 is 24.0 Å². The topological polar surface area (TPSA) is 61.2 Å². The van der Waals surface area contributed by atoms with E-state index in [4.69, 9.17) is 17.2 Å². The Hall–Kier alpha value is -3.01. The van der Waals surface area contributed by atoms with Gasteiger partial charge in [0.2, 0.25) is 0 Å². The minimum absolute atomic E-state index is 0.191. The van der Waals surface area contributed by atoms with Crippen LogP contribution in [0.15, 0.2) is 64.4 Å². The molecule has 0 unspecified atom stereocenters. The summed E-state index contributed by atoms with van der Waals surface area (Å²) in [5, 5.41) is 0. The molecule has 1 amide bonds. The molecule has 2 aliphatic rings. The second-order valence-corrected chi connectivity index (χ2v) is 9.75. The molecule has 2 aromatic heterocycles. The predicted octanol–water partition coefficient (Wildman–Crippen LogP) is 2.85. The Kier molecular flexibility index (Phi) is 6.01. The van der Waals surface area contributed by atoms with Crippen LogP contribution in [-0.4, -0.2) is 62.6 Å². The molecule has 0 N–H and O–H groups in total. The van der Waals surface area contributed by atoms with Gasteiger partial charge in [0.15, 0.2) is 0 Å². The Morgan fingerprint density at radius 1 is 1.03 bits per heavy atom. The fraction of sp³-hybridized carbons (Fsp3) is 0.250. The lowest BCUT2D eigenvalue weighted by Gasteiger charge is -2.36. The van der Waals surface area contributed by atoms with E-state index < -0.39 is 0 Å². The molecule has 168 valence electrons. The number of rotatable bonds is 4. The van der Waals surface area contributed by atoms with Gasteiger partial charge in [0, 0.05) is 46.0 Å². The van der Waals surface area contributed by atoms with Gasteiger partial charge in [-0.25, -0.2) is 4.98 Å². The van der Waals surface area contributed by atoms with E-state index in [9.17, 15) is 9.59 Å². The van der Waals surface area contributed by atoms with Gasteiger partial charge in [-0.05, 0) is 23.8 Å². The van der Waals surface area contributed by atoms with Crippen LogP contribution < -0.4 is 10.5 Å². The number of anilines is 1. The number of hydrogen-bond acceptors (Lipinski definition) is 7. The van der Waals surface area contributed by atoms with E-state index in [0.717, 1.165) is 32.7 Å². The maximum Gasteiger partial charge on any atom is 0.267 e. The zero-order valence-electron chi connectivity index (χ0n) is 18.2. The van der Waals surface area contributed by atoms with Gasteiger partial charge in [0.1, 0.15) is 15.8 Å². The van der Waals surface area contributed by atoms with Gasteiger partial charge < -0.3 is 4.90 Å². The molecule has 5 rings (SSSR count). The molecule has 0 saturated carbocycles. The van der Waals surface area contributed by atoms with Gasteiger partial charge in [-0.2, -0.15) is 0 Å². The number of carbonyl (C=O) groups is 1. The number of thioether (sulfide) groups is 1. The average molecular weight is 478 g/mol. The van der Waals surface area contributed by atoms with Crippen LogP contribution in [0.3, 0.4) is 0 Å². The Morgan fingerprint density at radius 2 is 1.76 bits per heavy atom. The number of likely N-dealkylation sites (N-methyl/N-ethyl adjacent to an activating group) is 1. The fourth-order valence-electron chi connectivity index (χ4n) is 4.09. The summed E-state index contributed by atoms with van der Waals surface area (Å²) in [6.45, 7) is 4.12. The van der Waals surface area contributed by atoms with Crippen LogP contribution in [0.25, 0.3) is 11.7 Å². The SMILES string of the molecule is CN1C(=O)C(=Cc2c(N3CCN(Cc4ccccc4)CC3)nc3ccccn3c2=O)SC1=S. The van der Waals surface area contributed by atoms with Gasteiger partial charge in [-0.3, -0.25) is 23.8 Å². The summed E-state index contributed by atoms with van der Waals surface area (Å²) in [5.74, 6) is 0.424. The van der Waals surface area contributed by atoms with Gasteiger partial charge >= 0.3 is 0 Å². The third kappa shape index (κ3) is 4.31. The Morgan fingerprint density at radius 3 is 2.45 bits per heavy atom. The van der Waals surface area contributed by atoms with E-state index in [1.807, 2.05) is 18.2 Å². The summed E-state index contributed by atoms with van der Waals surface area (Å²) in [6.07, 6.45) is 3.36. The molecular weight excluding hydrogens is 454 g/mol. The number of aromatic nitrogens is 2. The van der Waals surface area contributed by atoms with Gasteiger partial charge in [0.05, 0.1) is 10.5 Å². The van der Waals surface area contributed by atoms with Crippen molar-refractivity contribution >= 4 is 51.7 Å². The highest BCUT2D eigenvalue weighted by atomic mass is 32.2. The number of hydrogen-bond donors (Lipinski definition) is 0. The average Bonchev–Trinajstić information content (AvgIpc) is 3.08. The first-order valence-electron chi connectivity index (χ1n) is 10.8. The zero-order chi connectivity index (χ0) is 22.9. The minimum atomic E-state index is -0.193. The van der Waals surface area contributed by atoms with E-state index in [0.29, 0.717) is 26.3 Å². The van der Waals surface area contributed by atoms with Crippen molar-refractivity contribution < 1.29 is 4.79 Å². The van der Waals surface area contributed by atoms with E-state index in [1.54, 1.807) is 25.4 Å². The molecule has 0 spiro atoms. The van der Waals surface area contributed by atoms with Gasteiger partial charge in [-0.1, -0.05) is 60.4 Å². The molecule has 2 aliphatic heterocycles. The van der Waals surface area contributed by atoms with Crippen LogP contribution in [0.5, 0.6) is 0 Å². The smallest absolute Gasteiger partial charge is 0.267 e. The number of carbonyl (C=O) groups excluding carboxylic acids is 1. The molecule has 0 atom stereocenters. The maximum atomic E-state index is 13.4. The molecule has 3 aromatic rings. The minimum Gasteiger partial charge on any atom is -0.353 e. The third-order valence-corrected chi connectivity index (χ3v) is 7.42. The summed E-state index contributed by atoms with van der Waals surface area (Å²) < 4.78 is 2.00. The molecule has 2 fully saturated rings. The number of benzene rings is 1. The molecule has 4 heterocycles. The Bertz CT molecular complexity index is 1310. The number of nitrogens with zero attached hydrogens (tertiary/aromatic N) is 5. The van der Waals surface area contributed by atoms with Crippen molar-refractivity contribution in [1.82, 2.24) is 19.2 Å². The number of thiocarbonyl (C=S) groups is 1. The van der Waals surface area contributed by atoms with Crippen LogP contribution in [0, 0.1) is 0 Å². The molecule has 2 saturated heterocycles. The van der Waals surface area contributed by atoms with Gasteiger partial charge in [-0.15, -0.1) is 0 Å². The van der Waals surface area contributed by atoms with Crippen molar-refractivity contribution in [3.05, 3.63) is 81.1 Å². The molecule has 7 nitrogen and oxygen atoms in total. The molecule has 0 bridgehead atoms. The van der Waals surface area contributed by atoms with Crippen molar-refractivity contribution in [2.24, 2.45) is 0 Å². The molecule has 1 aromatic carbocycles. The second-order valence-electron chi connectivity index (χ2n) is 8.07. The molecule has 33 heavy (non-hydrogen) atoms. The highest BCUT2D eigenvalue weighted by Crippen LogP contribution is 2.32. The second kappa shape index (κ2) is 9.09. The highest BCUT2D eigenvalue weighted by molar-refractivity contribution is 8.26. The van der Waals surface area contributed by atoms with Crippen molar-refractivity contribution in [3.63, 3.8) is 0 Å². The standard InChI is InChI=1S/C24H23N5O2S2/c1-26-23(31)19(33-24(26)32)15-18-21(25-20-9-5-6-10-29(20)22(18)30)28-13-11-27(12-14-28)16-17-7-3-2-4-8-17/h2-10,15H,11-14,16H2,1H3. The monoisotopic (exact) mass is 477 g/mol. The van der Waals surface area contributed by atoms with Crippen LogP contribution in [0.4, 0.5) is 5.82 Å². The van der Waals surface area contributed by atoms with Gasteiger partial charge in [0.25, 0.3) is 11.5 Å². The number of piperazine rings is 1. The van der Waals surface area contributed by atoms with E-state index in [-0.39, 0.29) is 11.5 Å². The van der Waals surface area contributed by atoms with Crippen molar-refractivity contribution in [2.45, 2.75) is 6.54 Å². The van der Waals surface area contributed by atoms with E-state index in [1.165, 1.54) is 26.6 Å². The van der Waals surface area contributed by atoms with Crippen molar-refractivity contribution in [2.75, 3.05) is 38.1 Å². The first kappa shape index (κ1) is 21.8. The Balaban J connectivity index is 1.48. The summed E-state index contributed by atoms with van der Waals surface area (Å²) >= 11 is 6.47. The maximum absolute atomic E-state index is 13.4. The fourth-order valence-corrected chi connectivity index (χ4v) is 5.26. The van der Waals surface area contributed by atoms with Crippen LogP contribution in [-0.2, 0) is 11.3 Å².